The van der Waals surface area contributed by atoms with Gasteiger partial charge < -0.3 is 14.2 Å². The van der Waals surface area contributed by atoms with Crippen LogP contribution in [-0.4, -0.2) is 43.9 Å². The molecule has 1 aliphatic rings. The number of carbonyl (C=O) groups is 1. The van der Waals surface area contributed by atoms with E-state index in [1.165, 1.54) is 13.2 Å². The number of nitro groups is 1. The predicted molar refractivity (Wildman–Crippen MR) is 61.4 cm³/mol. The third-order valence-electron chi connectivity index (χ3n) is 2.26. The maximum Gasteiger partial charge on any atom is 0.331 e. The Kier molecular flexibility index (Phi) is 5.86. The smallest absolute Gasteiger partial charge is 0.331 e. The second kappa shape index (κ2) is 7.44. The molecule has 0 bridgehead atoms. The van der Waals surface area contributed by atoms with Gasteiger partial charge in [0.15, 0.2) is 0 Å². The standard InChI is InChI=1S/C11H15NO6/c1-16-11(13)8-17-6-7-18-10-4-2-9(3-5-10)12(14)15/h2,4-5,9H,3,6-8H2,1H3. The van der Waals surface area contributed by atoms with E-state index in [0.29, 0.717) is 12.2 Å². The number of allylic oxidation sites excluding steroid dienone is 1. The first-order valence-electron chi connectivity index (χ1n) is 5.42. The highest BCUT2D eigenvalue weighted by Gasteiger charge is 2.18. The minimum Gasteiger partial charge on any atom is -0.492 e. The Balaban J connectivity index is 2.13. The zero-order valence-corrected chi connectivity index (χ0v) is 10.0. The van der Waals surface area contributed by atoms with Crippen molar-refractivity contribution in [2.45, 2.75) is 12.5 Å². The molecule has 0 saturated carbocycles. The van der Waals surface area contributed by atoms with E-state index >= 15 is 0 Å². The first-order chi connectivity index (χ1) is 8.63. The van der Waals surface area contributed by atoms with Crippen molar-refractivity contribution in [3.63, 3.8) is 0 Å². The van der Waals surface area contributed by atoms with Crippen LogP contribution in [0, 0.1) is 10.1 Å². The van der Waals surface area contributed by atoms with Gasteiger partial charge in [-0.25, -0.2) is 4.79 Å². The molecule has 1 rings (SSSR count). The van der Waals surface area contributed by atoms with Crippen LogP contribution in [0.15, 0.2) is 24.0 Å². The molecule has 1 aliphatic carbocycles. The van der Waals surface area contributed by atoms with E-state index in [4.69, 9.17) is 9.47 Å². The lowest BCUT2D eigenvalue weighted by molar-refractivity contribution is -0.508. The van der Waals surface area contributed by atoms with Crippen LogP contribution < -0.4 is 0 Å². The topological polar surface area (TPSA) is 87.9 Å². The Morgan fingerprint density at radius 1 is 1.56 bits per heavy atom. The summed E-state index contributed by atoms with van der Waals surface area (Å²) in [5.41, 5.74) is 0. The van der Waals surface area contributed by atoms with Gasteiger partial charge in [0.05, 0.1) is 13.7 Å². The maximum absolute atomic E-state index is 10.7. The van der Waals surface area contributed by atoms with E-state index in [1.54, 1.807) is 12.2 Å². The SMILES string of the molecule is COC(=O)COCCOC1=CCC([N+](=O)[O-])C=C1. The molecule has 18 heavy (non-hydrogen) atoms. The molecule has 0 fully saturated rings. The minimum atomic E-state index is -0.673. The summed E-state index contributed by atoms with van der Waals surface area (Å²) in [4.78, 5) is 20.8. The summed E-state index contributed by atoms with van der Waals surface area (Å²) in [6.45, 7) is 0.410. The monoisotopic (exact) mass is 257 g/mol. The summed E-state index contributed by atoms with van der Waals surface area (Å²) < 4.78 is 14.7. The van der Waals surface area contributed by atoms with Crippen molar-refractivity contribution in [3.8, 4) is 0 Å². The molecule has 0 aliphatic heterocycles. The van der Waals surface area contributed by atoms with Gasteiger partial charge in [-0.3, -0.25) is 10.1 Å². The number of ether oxygens (including phenoxy) is 3. The maximum atomic E-state index is 10.7. The van der Waals surface area contributed by atoms with Crippen molar-refractivity contribution in [1.82, 2.24) is 0 Å². The molecule has 0 amide bonds. The predicted octanol–water partition coefficient (Wildman–Crippen LogP) is 0.682. The summed E-state index contributed by atoms with van der Waals surface area (Å²) in [5, 5.41) is 10.5. The van der Waals surface area contributed by atoms with Crippen molar-refractivity contribution in [2.75, 3.05) is 26.9 Å². The number of hydrogen-bond donors (Lipinski definition) is 0. The van der Waals surface area contributed by atoms with E-state index < -0.39 is 12.0 Å². The average molecular weight is 257 g/mol. The molecule has 0 radical (unpaired) electrons. The summed E-state index contributed by atoms with van der Waals surface area (Å²) >= 11 is 0. The molecule has 0 aromatic carbocycles. The summed E-state index contributed by atoms with van der Waals surface area (Å²) in [5.74, 6) is 0.135. The van der Waals surface area contributed by atoms with E-state index in [2.05, 4.69) is 4.74 Å². The van der Waals surface area contributed by atoms with Crippen LogP contribution in [-0.2, 0) is 19.0 Å². The number of nitrogens with zero attached hydrogens (tertiary/aromatic N) is 1. The number of methoxy groups -OCH3 is 1. The van der Waals surface area contributed by atoms with Crippen molar-refractivity contribution >= 4 is 5.97 Å². The normalized spacial score (nSPS) is 18.1. The van der Waals surface area contributed by atoms with Gasteiger partial charge in [-0.15, -0.1) is 0 Å². The molecule has 0 aromatic heterocycles. The van der Waals surface area contributed by atoms with Gasteiger partial charge in [-0.2, -0.15) is 0 Å². The van der Waals surface area contributed by atoms with Gasteiger partial charge in [0.2, 0.25) is 6.04 Å². The zero-order chi connectivity index (χ0) is 13.4. The first kappa shape index (κ1) is 14.2. The van der Waals surface area contributed by atoms with Crippen LogP contribution in [0.5, 0.6) is 0 Å². The van der Waals surface area contributed by atoms with Crippen LogP contribution in [0.1, 0.15) is 6.42 Å². The van der Waals surface area contributed by atoms with Crippen LogP contribution in [0.4, 0.5) is 0 Å². The molecular formula is C11H15NO6. The number of hydrogen-bond acceptors (Lipinski definition) is 6. The first-order valence-corrected chi connectivity index (χ1v) is 5.42. The Bertz CT molecular complexity index is 363. The lowest BCUT2D eigenvalue weighted by Gasteiger charge is -2.11. The average Bonchev–Trinajstić information content (AvgIpc) is 2.38. The molecule has 0 saturated heterocycles. The molecular weight excluding hydrogens is 242 g/mol. The quantitative estimate of drug-likeness (QED) is 0.288. The highest BCUT2D eigenvalue weighted by Crippen LogP contribution is 2.13. The van der Waals surface area contributed by atoms with E-state index in [9.17, 15) is 14.9 Å². The van der Waals surface area contributed by atoms with Crippen molar-refractivity contribution < 1.29 is 23.9 Å². The molecule has 1 atom stereocenters. The highest BCUT2D eigenvalue weighted by atomic mass is 16.6. The molecule has 0 aromatic rings. The van der Waals surface area contributed by atoms with Gasteiger partial charge in [-0.1, -0.05) is 0 Å². The van der Waals surface area contributed by atoms with E-state index in [0.717, 1.165) is 0 Å². The van der Waals surface area contributed by atoms with Crippen LogP contribution in [0.3, 0.4) is 0 Å². The molecule has 0 spiro atoms. The highest BCUT2D eigenvalue weighted by molar-refractivity contribution is 5.70. The number of esters is 1. The van der Waals surface area contributed by atoms with Crippen LogP contribution in [0.25, 0.3) is 0 Å². The van der Waals surface area contributed by atoms with Crippen LogP contribution >= 0.6 is 0 Å². The Hall–Kier alpha value is -1.89. The Morgan fingerprint density at radius 3 is 2.89 bits per heavy atom. The molecule has 1 unspecified atom stereocenters. The van der Waals surface area contributed by atoms with Gasteiger partial charge in [0.25, 0.3) is 0 Å². The van der Waals surface area contributed by atoms with E-state index in [1.807, 2.05) is 0 Å². The van der Waals surface area contributed by atoms with Crippen LogP contribution in [0.2, 0.25) is 0 Å². The third kappa shape index (κ3) is 4.96. The fraction of sp³-hybridized carbons (Fsp3) is 0.545. The molecule has 7 heteroatoms. The summed E-state index contributed by atoms with van der Waals surface area (Å²) in [6.07, 6.45) is 5.04. The fourth-order valence-corrected chi connectivity index (χ4v) is 1.29. The number of carbonyl (C=O) groups excluding carboxylic acids is 1. The Morgan fingerprint density at radius 2 is 2.33 bits per heavy atom. The fourth-order valence-electron chi connectivity index (χ4n) is 1.29. The summed E-state index contributed by atoms with van der Waals surface area (Å²) in [7, 11) is 1.28. The lowest BCUT2D eigenvalue weighted by Crippen LogP contribution is -2.18. The largest absolute Gasteiger partial charge is 0.492 e. The lowest BCUT2D eigenvalue weighted by atomic mass is 10.1. The minimum absolute atomic E-state index is 0.113. The van der Waals surface area contributed by atoms with Gasteiger partial charge >= 0.3 is 5.97 Å². The van der Waals surface area contributed by atoms with Gasteiger partial charge in [0, 0.05) is 11.3 Å². The molecule has 0 heterocycles. The second-order valence-electron chi connectivity index (χ2n) is 3.53. The number of rotatable bonds is 7. The summed E-state index contributed by atoms with van der Waals surface area (Å²) in [6, 6.07) is -0.673. The third-order valence-corrected chi connectivity index (χ3v) is 2.26. The second-order valence-corrected chi connectivity index (χ2v) is 3.53. The molecule has 7 nitrogen and oxygen atoms in total. The molecule has 0 N–H and O–H groups in total. The zero-order valence-electron chi connectivity index (χ0n) is 10.0. The van der Waals surface area contributed by atoms with Crippen molar-refractivity contribution in [2.24, 2.45) is 0 Å². The van der Waals surface area contributed by atoms with Crippen molar-refractivity contribution in [3.05, 3.63) is 34.1 Å². The van der Waals surface area contributed by atoms with Crippen molar-refractivity contribution in [1.29, 1.82) is 0 Å². The molecule has 100 valence electrons. The Labute approximate surface area is 104 Å². The van der Waals surface area contributed by atoms with Gasteiger partial charge in [0.1, 0.15) is 19.0 Å². The van der Waals surface area contributed by atoms with E-state index in [-0.39, 0.29) is 24.7 Å². The van der Waals surface area contributed by atoms with Gasteiger partial charge in [-0.05, 0) is 18.2 Å².